The van der Waals surface area contributed by atoms with Gasteiger partial charge in [-0.15, -0.1) is 0 Å². The van der Waals surface area contributed by atoms with Gasteiger partial charge in [0.1, 0.15) is 0 Å². The molecule has 19 heavy (non-hydrogen) atoms. The molecule has 0 aliphatic carbocycles. The molecular weight excluding hydrogens is 268 g/mol. The third kappa shape index (κ3) is 5.74. The summed E-state index contributed by atoms with van der Waals surface area (Å²) in [5.74, 6) is 0.388. The molecule has 0 spiro atoms. The summed E-state index contributed by atoms with van der Waals surface area (Å²) in [5, 5.41) is 10.0. The average Bonchev–Trinajstić information content (AvgIpc) is 2.34. The van der Waals surface area contributed by atoms with Gasteiger partial charge >= 0.3 is 0 Å². The first-order valence-electron chi connectivity index (χ1n) is 6.73. The molecule has 1 saturated heterocycles. The number of ether oxygens (including phenoxy) is 1. The first-order chi connectivity index (χ1) is 8.77. The fraction of sp³-hybridized carbons (Fsp3) is 1.00. The van der Waals surface area contributed by atoms with Crippen molar-refractivity contribution in [3.63, 3.8) is 0 Å². The minimum absolute atomic E-state index is 0.00355. The Morgan fingerprint density at radius 3 is 2.79 bits per heavy atom. The lowest BCUT2D eigenvalue weighted by Crippen LogP contribution is -2.49. The molecular formula is C12H26N2O4S. The van der Waals surface area contributed by atoms with Crippen LogP contribution >= 0.6 is 0 Å². The van der Waals surface area contributed by atoms with Crippen molar-refractivity contribution in [1.82, 2.24) is 9.03 Å². The molecule has 2 unspecified atom stereocenters. The van der Waals surface area contributed by atoms with E-state index in [0.717, 1.165) is 12.8 Å². The molecule has 0 aromatic rings. The van der Waals surface area contributed by atoms with E-state index in [1.807, 2.05) is 0 Å². The van der Waals surface area contributed by atoms with Crippen LogP contribution in [0.2, 0.25) is 0 Å². The number of rotatable bonds is 7. The highest BCUT2D eigenvalue weighted by Crippen LogP contribution is 2.18. The monoisotopic (exact) mass is 294 g/mol. The normalized spacial score (nSPS) is 25.2. The Balaban J connectivity index is 2.50. The van der Waals surface area contributed by atoms with E-state index in [-0.39, 0.29) is 6.54 Å². The van der Waals surface area contributed by atoms with Crippen LogP contribution in [0.4, 0.5) is 0 Å². The van der Waals surface area contributed by atoms with Crippen molar-refractivity contribution in [2.75, 3.05) is 33.4 Å². The summed E-state index contributed by atoms with van der Waals surface area (Å²) >= 11 is 0. The van der Waals surface area contributed by atoms with E-state index in [0.29, 0.717) is 32.0 Å². The zero-order valence-corrected chi connectivity index (χ0v) is 12.9. The van der Waals surface area contributed by atoms with Crippen molar-refractivity contribution in [2.45, 2.75) is 38.7 Å². The Bertz CT molecular complexity index is 370. The second kappa shape index (κ2) is 6.99. The Hall–Kier alpha value is -0.210. The predicted octanol–water partition coefficient (Wildman–Crippen LogP) is 0.340. The summed E-state index contributed by atoms with van der Waals surface area (Å²) in [6, 6.07) is 0. The first-order valence-corrected chi connectivity index (χ1v) is 8.17. The number of methoxy groups -OCH3 is 1. The Morgan fingerprint density at radius 2 is 2.21 bits per heavy atom. The molecule has 1 aliphatic rings. The van der Waals surface area contributed by atoms with Gasteiger partial charge in [0.25, 0.3) is 10.2 Å². The van der Waals surface area contributed by atoms with Crippen LogP contribution in [0.25, 0.3) is 0 Å². The lowest BCUT2D eigenvalue weighted by atomic mass is 10.0. The van der Waals surface area contributed by atoms with Crippen molar-refractivity contribution in [3.05, 3.63) is 0 Å². The van der Waals surface area contributed by atoms with Gasteiger partial charge in [-0.1, -0.05) is 6.92 Å². The van der Waals surface area contributed by atoms with Gasteiger partial charge in [0, 0.05) is 39.8 Å². The van der Waals surface area contributed by atoms with Gasteiger partial charge in [-0.2, -0.15) is 17.4 Å². The molecule has 1 fully saturated rings. The highest BCUT2D eigenvalue weighted by molar-refractivity contribution is 7.87. The van der Waals surface area contributed by atoms with E-state index >= 15 is 0 Å². The molecule has 0 saturated carbocycles. The van der Waals surface area contributed by atoms with Crippen LogP contribution in [0.1, 0.15) is 33.1 Å². The summed E-state index contributed by atoms with van der Waals surface area (Å²) in [6.45, 7) is 5.16. The van der Waals surface area contributed by atoms with Crippen LogP contribution in [-0.4, -0.2) is 56.8 Å². The molecule has 0 aromatic carbocycles. The van der Waals surface area contributed by atoms with Gasteiger partial charge in [0.05, 0.1) is 5.60 Å². The van der Waals surface area contributed by atoms with Gasteiger partial charge in [-0.25, -0.2) is 0 Å². The Labute approximate surface area is 116 Å². The average molecular weight is 294 g/mol. The lowest BCUT2D eigenvalue weighted by Gasteiger charge is -2.31. The topological polar surface area (TPSA) is 78.9 Å². The Morgan fingerprint density at radius 1 is 1.53 bits per heavy atom. The van der Waals surface area contributed by atoms with Crippen molar-refractivity contribution in [3.8, 4) is 0 Å². The third-order valence-corrected chi connectivity index (χ3v) is 4.96. The summed E-state index contributed by atoms with van der Waals surface area (Å²) < 4.78 is 33.1. The summed E-state index contributed by atoms with van der Waals surface area (Å²) in [5.41, 5.74) is -1.09. The second-order valence-electron chi connectivity index (χ2n) is 5.67. The van der Waals surface area contributed by atoms with Crippen LogP contribution in [0, 0.1) is 5.92 Å². The SMILES string of the molecule is COCCC(C)(O)CNS(=O)(=O)N1CCCC(C)C1. The highest BCUT2D eigenvalue weighted by atomic mass is 32.2. The molecule has 0 amide bonds. The minimum atomic E-state index is -3.49. The first kappa shape index (κ1) is 16.8. The molecule has 1 heterocycles. The van der Waals surface area contributed by atoms with E-state index < -0.39 is 15.8 Å². The second-order valence-corrected chi connectivity index (χ2v) is 7.43. The maximum absolute atomic E-state index is 12.1. The molecule has 0 bridgehead atoms. The molecule has 2 N–H and O–H groups in total. The number of hydrogen-bond donors (Lipinski definition) is 2. The van der Waals surface area contributed by atoms with Crippen molar-refractivity contribution < 1.29 is 18.3 Å². The molecule has 2 atom stereocenters. The highest BCUT2D eigenvalue weighted by Gasteiger charge is 2.29. The van der Waals surface area contributed by atoms with Crippen molar-refractivity contribution in [1.29, 1.82) is 0 Å². The van der Waals surface area contributed by atoms with E-state index in [1.165, 1.54) is 4.31 Å². The van der Waals surface area contributed by atoms with Gasteiger partial charge in [0.2, 0.25) is 0 Å². The summed E-state index contributed by atoms with van der Waals surface area (Å²) in [7, 11) is -1.94. The van der Waals surface area contributed by atoms with Crippen LogP contribution in [0.5, 0.6) is 0 Å². The molecule has 1 aliphatic heterocycles. The maximum Gasteiger partial charge on any atom is 0.279 e. The van der Waals surface area contributed by atoms with Crippen LogP contribution in [-0.2, 0) is 14.9 Å². The van der Waals surface area contributed by atoms with Crippen molar-refractivity contribution >= 4 is 10.2 Å². The quantitative estimate of drug-likeness (QED) is 0.710. The zero-order valence-electron chi connectivity index (χ0n) is 12.1. The fourth-order valence-corrected chi connectivity index (χ4v) is 3.61. The molecule has 7 heteroatoms. The molecule has 0 radical (unpaired) electrons. The van der Waals surface area contributed by atoms with Crippen LogP contribution < -0.4 is 4.72 Å². The number of nitrogens with one attached hydrogen (secondary N) is 1. The van der Waals surface area contributed by atoms with E-state index in [9.17, 15) is 13.5 Å². The van der Waals surface area contributed by atoms with Gasteiger partial charge < -0.3 is 9.84 Å². The van der Waals surface area contributed by atoms with E-state index in [1.54, 1.807) is 14.0 Å². The maximum atomic E-state index is 12.1. The number of hydrogen-bond acceptors (Lipinski definition) is 4. The van der Waals surface area contributed by atoms with Crippen LogP contribution in [0.15, 0.2) is 0 Å². The van der Waals surface area contributed by atoms with Gasteiger partial charge in [-0.05, 0) is 25.7 Å². The summed E-state index contributed by atoms with van der Waals surface area (Å²) in [6.07, 6.45) is 2.35. The number of nitrogens with zero attached hydrogens (tertiary/aromatic N) is 1. The fourth-order valence-electron chi connectivity index (χ4n) is 2.11. The van der Waals surface area contributed by atoms with Crippen LogP contribution in [0.3, 0.4) is 0 Å². The third-order valence-electron chi connectivity index (χ3n) is 3.44. The van der Waals surface area contributed by atoms with E-state index in [4.69, 9.17) is 4.74 Å². The minimum Gasteiger partial charge on any atom is -0.389 e. The standard InChI is InChI=1S/C12H26N2O4S/c1-11-5-4-7-14(9-11)19(16,17)13-10-12(2,15)6-8-18-3/h11,13,15H,4-10H2,1-3H3. The smallest absolute Gasteiger partial charge is 0.279 e. The van der Waals surface area contributed by atoms with Gasteiger partial charge in [0.15, 0.2) is 0 Å². The lowest BCUT2D eigenvalue weighted by molar-refractivity contribution is 0.0288. The van der Waals surface area contributed by atoms with Crippen molar-refractivity contribution in [2.24, 2.45) is 5.92 Å². The largest absolute Gasteiger partial charge is 0.389 e. The zero-order chi connectivity index (χ0) is 14.5. The predicted molar refractivity (Wildman–Crippen MR) is 74.0 cm³/mol. The molecule has 0 aromatic heterocycles. The number of aliphatic hydroxyl groups is 1. The molecule has 114 valence electrons. The molecule has 6 nitrogen and oxygen atoms in total. The molecule has 1 rings (SSSR count). The van der Waals surface area contributed by atoms with Gasteiger partial charge in [-0.3, -0.25) is 0 Å². The number of piperidine rings is 1. The Kier molecular flexibility index (Phi) is 6.19. The van der Waals surface area contributed by atoms with E-state index in [2.05, 4.69) is 11.6 Å². The summed E-state index contributed by atoms with van der Waals surface area (Å²) in [4.78, 5) is 0.